The molecule has 0 saturated carbocycles. The average molecular weight is 382 g/mol. The van der Waals surface area contributed by atoms with Crippen molar-refractivity contribution in [2.75, 3.05) is 6.61 Å². The number of carbonyl (C=O) groups excluding carboxylic acids is 1. The Morgan fingerprint density at radius 1 is 1.07 bits per heavy atom. The number of hydrogen-bond donors (Lipinski definition) is 2. The number of carboxylic acid groups (broad SMARTS) is 1. The molecule has 0 aromatic heterocycles. The molecule has 0 radical (unpaired) electrons. The van der Waals surface area contributed by atoms with Crippen molar-refractivity contribution in [3.05, 3.63) is 30.1 Å². The fraction of sp³-hybridized carbons (Fsp3) is 0.619. The minimum atomic E-state index is -0.767. The molecule has 0 amide bonds. The van der Waals surface area contributed by atoms with E-state index in [1.54, 1.807) is 19.1 Å². The molecular weight excluding hydrogens is 351 g/mol. The van der Waals surface area contributed by atoms with Crippen molar-refractivity contribution in [3.63, 3.8) is 0 Å². The Balaban J connectivity index is 2.17. The number of aliphatic hydroxyl groups is 1. The zero-order valence-corrected chi connectivity index (χ0v) is 16.0. The second-order valence-corrected chi connectivity index (χ2v) is 7.01. The molecule has 0 spiro atoms. The van der Waals surface area contributed by atoms with Crippen molar-refractivity contribution >= 4 is 11.8 Å². The number of hydrogen-bond acceptors (Lipinski definition) is 4. The van der Waals surface area contributed by atoms with E-state index in [-0.39, 0.29) is 30.5 Å². The first-order valence-electron chi connectivity index (χ1n) is 9.67. The van der Waals surface area contributed by atoms with Gasteiger partial charge in [-0.3, -0.25) is 9.59 Å². The molecule has 0 saturated heterocycles. The van der Waals surface area contributed by atoms with Gasteiger partial charge in [-0.15, -0.1) is 0 Å². The molecule has 1 aromatic rings. The highest BCUT2D eigenvalue weighted by molar-refractivity contribution is 5.78. The summed E-state index contributed by atoms with van der Waals surface area (Å²) in [6.07, 6.45) is 5.71. The Labute approximate surface area is 160 Å². The standard InChI is InChI=1S/C21H31FO5/c1-16(23)17(8-4-2-3-5-13-21(25)26)9-6-11-19(24)15-27-20-12-7-10-18(22)14-20/h7,10,12,14,17,19,24H,2-6,8-9,11,13,15H2,1H3,(H,25,26). The van der Waals surface area contributed by atoms with Crippen LogP contribution in [0.1, 0.15) is 64.7 Å². The normalized spacial score (nSPS) is 13.1. The predicted octanol–water partition coefficient (Wildman–Crippen LogP) is 4.37. The van der Waals surface area contributed by atoms with E-state index >= 15 is 0 Å². The van der Waals surface area contributed by atoms with Crippen LogP contribution in [0, 0.1) is 11.7 Å². The number of unbranched alkanes of at least 4 members (excludes halogenated alkanes) is 3. The van der Waals surface area contributed by atoms with Crippen molar-refractivity contribution in [2.45, 2.75) is 70.8 Å². The van der Waals surface area contributed by atoms with Crippen molar-refractivity contribution in [1.29, 1.82) is 0 Å². The highest BCUT2D eigenvalue weighted by Gasteiger charge is 2.15. The minimum Gasteiger partial charge on any atom is -0.491 e. The molecule has 2 atom stereocenters. The molecule has 1 rings (SSSR count). The van der Waals surface area contributed by atoms with Crippen molar-refractivity contribution in [3.8, 4) is 5.75 Å². The number of halogens is 1. The third-order valence-electron chi connectivity index (χ3n) is 4.60. The summed E-state index contributed by atoms with van der Waals surface area (Å²) in [5, 5.41) is 18.6. The molecule has 2 N–H and O–H groups in total. The first-order chi connectivity index (χ1) is 12.9. The van der Waals surface area contributed by atoms with Crippen LogP contribution in [0.5, 0.6) is 5.75 Å². The van der Waals surface area contributed by atoms with E-state index in [0.29, 0.717) is 18.6 Å². The molecule has 0 heterocycles. The summed E-state index contributed by atoms with van der Waals surface area (Å²) in [6, 6.07) is 5.79. The Hall–Kier alpha value is -1.95. The van der Waals surface area contributed by atoms with Gasteiger partial charge in [-0.25, -0.2) is 4.39 Å². The number of carboxylic acids is 1. The van der Waals surface area contributed by atoms with Gasteiger partial charge < -0.3 is 14.9 Å². The lowest BCUT2D eigenvalue weighted by Crippen LogP contribution is -2.18. The number of aliphatic carboxylic acids is 1. The molecule has 0 bridgehead atoms. The number of ketones is 1. The van der Waals surface area contributed by atoms with Gasteiger partial charge in [-0.2, -0.15) is 0 Å². The van der Waals surface area contributed by atoms with Crippen LogP contribution in [-0.4, -0.2) is 34.7 Å². The summed E-state index contributed by atoms with van der Waals surface area (Å²) >= 11 is 0. The van der Waals surface area contributed by atoms with Crippen LogP contribution in [0.2, 0.25) is 0 Å². The van der Waals surface area contributed by atoms with Gasteiger partial charge in [0.1, 0.15) is 24.0 Å². The maximum Gasteiger partial charge on any atom is 0.303 e. The van der Waals surface area contributed by atoms with Gasteiger partial charge in [0.2, 0.25) is 0 Å². The van der Waals surface area contributed by atoms with Crippen molar-refractivity contribution in [1.82, 2.24) is 0 Å². The molecule has 0 fully saturated rings. The first-order valence-corrected chi connectivity index (χ1v) is 9.67. The van der Waals surface area contributed by atoms with E-state index in [4.69, 9.17) is 9.84 Å². The largest absolute Gasteiger partial charge is 0.491 e. The van der Waals surface area contributed by atoms with Crippen LogP contribution in [0.4, 0.5) is 4.39 Å². The Bertz CT molecular complexity index is 575. The maximum atomic E-state index is 13.1. The Kier molecular flexibility index (Phi) is 11.3. The highest BCUT2D eigenvalue weighted by Crippen LogP contribution is 2.20. The van der Waals surface area contributed by atoms with Gasteiger partial charge in [-0.05, 0) is 44.7 Å². The van der Waals surface area contributed by atoms with Crippen LogP contribution in [0.25, 0.3) is 0 Å². The SMILES string of the molecule is CC(=O)C(CCCCCCC(=O)O)CCCC(O)COc1cccc(F)c1. The molecule has 0 aliphatic rings. The molecule has 1 aromatic carbocycles. The third kappa shape index (κ3) is 11.4. The summed E-state index contributed by atoms with van der Waals surface area (Å²) in [7, 11) is 0. The zero-order chi connectivity index (χ0) is 20.1. The molecule has 2 unspecified atom stereocenters. The van der Waals surface area contributed by atoms with E-state index in [0.717, 1.165) is 38.5 Å². The second-order valence-electron chi connectivity index (χ2n) is 7.01. The Morgan fingerprint density at radius 2 is 1.78 bits per heavy atom. The minimum absolute atomic E-state index is 0.0131. The Morgan fingerprint density at radius 3 is 2.44 bits per heavy atom. The highest BCUT2D eigenvalue weighted by atomic mass is 19.1. The second kappa shape index (κ2) is 13.3. The number of ether oxygens (including phenoxy) is 1. The van der Waals surface area contributed by atoms with Crippen LogP contribution < -0.4 is 4.74 Å². The van der Waals surface area contributed by atoms with E-state index in [1.165, 1.54) is 12.1 Å². The van der Waals surface area contributed by atoms with E-state index in [1.807, 2.05) is 0 Å². The van der Waals surface area contributed by atoms with Gasteiger partial charge in [0.15, 0.2) is 0 Å². The molecule has 152 valence electrons. The van der Waals surface area contributed by atoms with Crippen LogP contribution >= 0.6 is 0 Å². The lowest BCUT2D eigenvalue weighted by molar-refractivity contribution is -0.137. The summed E-state index contributed by atoms with van der Waals surface area (Å²) < 4.78 is 18.4. The van der Waals surface area contributed by atoms with Crippen LogP contribution in [-0.2, 0) is 9.59 Å². The van der Waals surface area contributed by atoms with Crippen LogP contribution in [0.15, 0.2) is 24.3 Å². The topological polar surface area (TPSA) is 83.8 Å². The van der Waals surface area contributed by atoms with Gasteiger partial charge in [-0.1, -0.05) is 31.7 Å². The number of rotatable bonds is 15. The summed E-state index contributed by atoms with van der Waals surface area (Å²) in [4.78, 5) is 22.2. The van der Waals surface area contributed by atoms with Crippen molar-refractivity contribution < 1.29 is 28.9 Å². The number of benzene rings is 1. The van der Waals surface area contributed by atoms with Gasteiger partial charge >= 0.3 is 5.97 Å². The fourth-order valence-corrected chi connectivity index (χ4v) is 3.00. The molecule has 0 aliphatic carbocycles. The average Bonchev–Trinajstić information content (AvgIpc) is 2.60. The lowest BCUT2D eigenvalue weighted by atomic mass is 9.91. The fourth-order valence-electron chi connectivity index (χ4n) is 3.00. The van der Waals surface area contributed by atoms with E-state index in [2.05, 4.69) is 0 Å². The van der Waals surface area contributed by atoms with Gasteiger partial charge in [0.25, 0.3) is 0 Å². The van der Waals surface area contributed by atoms with Gasteiger partial charge in [0, 0.05) is 18.4 Å². The summed E-state index contributed by atoms with van der Waals surface area (Å²) in [5.41, 5.74) is 0. The van der Waals surface area contributed by atoms with E-state index in [9.17, 15) is 19.1 Å². The lowest BCUT2D eigenvalue weighted by Gasteiger charge is -2.16. The third-order valence-corrected chi connectivity index (χ3v) is 4.60. The maximum absolute atomic E-state index is 13.1. The quantitative estimate of drug-likeness (QED) is 0.440. The molecular formula is C21H31FO5. The van der Waals surface area contributed by atoms with Gasteiger partial charge in [0.05, 0.1) is 6.10 Å². The van der Waals surface area contributed by atoms with Crippen molar-refractivity contribution in [2.24, 2.45) is 5.92 Å². The summed E-state index contributed by atoms with van der Waals surface area (Å²) in [5.74, 6) is -0.615. The first kappa shape index (κ1) is 23.1. The number of carbonyl (C=O) groups is 2. The number of aliphatic hydroxyl groups excluding tert-OH is 1. The monoisotopic (exact) mass is 382 g/mol. The molecule has 0 aliphatic heterocycles. The van der Waals surface area contributed by atoms with E-state index < -0.39 is 12.1 Å². The zero-order valence-electron chi connectivity index (χ0n) is 16.0. The molecule has 6 heteroatoms. The smallest absolute Gasteiger partial charge is 0.303 e. The molecule has 5 nitrogen and oxygen atoms in total. The summed E-state index contributed by atoms with van der Waals surface area (Å²) in [6.45, 7) is 1.69. The predicted molar refractivity (Wildman–Crippen MR) is 101 cm³/mol. The van der Waals surface area contributed by atoms with Crippen LogP contribution in [0.3, 0.4) is 0 Å². The molecule has 27 heavy (non-hydrogen) atoms. The number of Topliss-reactive ketones (excluding diaryl/α,β-unsaturated/α-hetero) is 1.